The molecule has 8 nitrogen and oxygen atoms in total. The molecule has 0 aromatic carbocycles. The van der Waals surface area contributed by atoms with Crippen LogP contribution >= 0.6 is 0 Å². The Bertz CT molecular complexity index is 607. The van der Waals surface area contributed by atoms with Crippen molar-refractivity contribution in [2.75, 3.05) is 5.32 Å². The molecular weight excluding hydrogens is 314 g/mol. The first-order valence-electron chi connectivity index (χ1n) is 8.08. The number of anilines is 1. The van der Waals surface area contributed by atoms with Crippen LogP contribution in [-0.4, -0.2) is 35.1 Å². The summed E-state index contributed by atoms with van der Waals surface area (Å²) >= 11 is 0. The molecule has 2 amide bonds. The average Bonchev–Trinajstić information content (AvgIpc) is 3.16. The second-order valence-corrected chi connectivity index (χ2v) is 6.11. The first kappa shape index (κ1) is 18.0. The van der Waals surface area contributed by atoms with Gasteiger partial charge in [0.2, 0.25) is 5.91 Å². The minimum absolute atomic E-state index is 0.0508. The maximum atomic E-state index is 12.4. The molecule has 2 N–H and O–H groups in total. The Balaban J connectivity index is 1.94. The molecule has 0 saturated heterocycles. The van der Waals surface area contributed by atoms with Crippen molar-refractivity contribution in [2.24, 2.45) is 5.92 Å². The fraction of sp³-hybridized carbons (Fsp3) is 0.625. The van der Waals surface area contributed by atoms with Crippen LogP contribution in [0.25, 0.3) is 0 Å². The first-order chi connectivity index (χ1) is 11.4. The van der Waals surface area contributed by atoms with Gasteiger partial charge in [-0.2, -0.15) is 0 Å². The Kier molecular flexibility index (Phi) is 5.94. The highest BCUT2D eigenvalue weighted by Crippen LogP contribution is 2.28. The third kappa shape index (κ3) is 4.81. The van der Waals surface area contributed by atoms with E-state index in [1.54, 1.807) is 13.0 Å². The van der Waals surface area contributed by atoms with Crippen LogP contribution in [0.15, 0.2) is 10.6 Å². The Morgan fingerprint density at radius 2 is 2.00 bits per heavy atom. The zero-order chi connectivity index (χ0) is 17.7. The summed E-state index contributed by atoms with van der Waals surface area (Å²) in [5.41, 5.74) is 0. The van der Waals surface area contributed by atoms with Crippen molar-refractivity contribution in [1.82, 2.24) is 10.5 Å². The molecule has 132 valence electrons. The number of hydrogen-bond acceptors (Lipinski definition) is 6. The second kappa shape index (κ2) is 7.94. The molecule has 0 radical (unpaired) electrons. The molecule has 8 heteroatoms. The van der Waals surface area contributed by atoms with Gasteiger partial charge in [-0.3, -0.25) is 9.59 Å². The third-order valence-electron chi connectivity index (χ3n) is 4.03. The number of esters is 1. The molecule has 0 aliphatic heterocycles. The normalized spacial score (nSPS) is 17.1. The minimum Gasteiger partial charge on any atom is -0.451 e. The van der Waals surface area contributed by atoms with Gasteiger partial charge in [-0.05, 0) is 32.6 Å². The van der Waals surface area contributed by atoms with Crippen molar-refractivity contribution in [1.29, 1.82) is 0 Å². The summed E-state index contributed by atoms with van der Waals surface area (Å²) in [4.78, 5) is 35.8. The fourth-order valence-corrected chi connectivity index (χ4v) is 2.83. The Hall–Kier alpha value is -2.38. The Labute approximate surface area is 140 Å². The predicted octanol–water partition coefficient (Wildman–Crippen LogP) is 1.55. The molecule has 0 bridgehead atoms. The molecule has 1 aliphatic rings. The van der Waals surface area contributed by atoms with E-state index >= 15 is 0 Å². The number of aromatic nitrogens is 1. The number of hydrogen-bond donors (Lipinski definition) is 2. The lowest BCUT2D eigenvalue weighted by atomic mass is 9.98. The summed E-state index contributed by atoms with van der Waals surface area (Å²) in [6, 6.07) is 0.847. The molecule has 1 heterocycles. The third-order valence-corrected chi connectivity index (χ3v) is 4.03. The quantitative estimate of drug-likeness (QED) is 0.762. The van der Waals surface area contributed by atoms with Gasteiger partial charge in [-0.15, -0.1) is 0 Å². The van der Waals surface area contributed by atoms with Crippen molar-refractivity contribution < 1.29 is 23.6 Å². The lowest BCUT2D eigenvalue weighted by molar-refractivity contribution is -0.157. The fourth-order valence-electron chi connectivity index (χ4n) is 2.83. The van der Waals surface area contributed by atoms with Crippen LogP contribution < -0.4 is 10.6 Å². The van der Waals surface area contributed by atoms with E-state index in [2.05, 4.69) is 15.8 Å². The van der Waals surface area contributed by atoms with E-state index in [0.717, 1.165) is 25.7 Å². The van der Waals surface area contributed by atoms with Gasteiger partial charge < -0.3 is 19.9 Å². The van der Waals surface area contributed by atoms with Gasteiger partial charge in [0.05, 0.1) is 0 Å². The SMILES string of the molecule is CC(=O)NC(C(=O)OC(C)C(=O)Nc1cc(C)on1)C1CCCC1. The van der Waals surface area contributed by atoms with Crippen LogP contribution in [0.1, 0.15) is 45.3 Å². The largest absolute Gasteiger partial charge is 0.451 e. The standard InChI is InChI=1S/C16H23N3O5/c1-9-8-13(19-24-9)18-15(21)10(2)23-16(22)14(17-11(3)20)12-6-4-5-7-12/h8,10,12,14H,4-7H2,1-3H3,(H,17,20)(H,18,19,21). The summed E-state index contributed by atoms with van der Waals surface area (Å²) in [6.45, 7) is 4.53. The van der Waals surface area contributed by atoms with Gasteiger partial charge in [-0.25, -0.2) is 4.79 Å². The molecule has 2 atom stereocenters. The van der Waals surface area contributed by atoms with E-state index in [-0.39, 0.29) is 17.6 Å². The smallest absolute Gasteiger partial charge is 0.329 e. The second-order valence-electron chi connectivity index (χ2n) is 6.11. The number of amides is 2. The summed E-state index contributed by atoms with van der Waals surface area (Å²) in [7, 11) is 0. The molecule has 0 spiro atoms. The van der Waals surface area contributed by atoms with Crippen LogP contribution in [0.4, 0.5) is 5.82 Å². The number of carbonyl (C=O) groups excluding carboxylic acids is 3. The molecule has 1 fully saturated rings. The minimum atomic E-state index is -1.01. The number of nitrogens with one attached hydrogen (secondary N) is 2. The first-order valence-corrected chi connectivity index (χ1v) is 8.08. The van der Waals surface area contributed by atoms with Crippen LogP contribution in [0, 0.1) is 12.8 Å². The maximum Gasteiger partial charge on any atom is 0.329 e. The highest BCUT2D eigenvalue weighted by Gasteiger charge is 2.34. The number of aryl methyl sites for hydroxylation is 1. The molecule has 1 aromatic heterocycles. The van der Waals surface area contributed by atoms with Gasteiger partial charge in [0.15, 0.2) is 11.9 Å². The van der Waals surface area contributed by atoms with Crippen molar-refractivity contribution in [3.8, 4) is 0 Å². The molecule has 1 saturated carbocycles. The zero-order valence-electron chi connectivity index (χ0n) is 14.1. The monoisotopic (exact) mass is 337 g/mol. The summed E-state index contributed by atoms with van der Waals surface area (Å²) in [6.07, 6.45) is 2.76. The number of carbonyl (C=O) groups is 3. The van der Waals surface area contributed by atoms with Gasteiger partial charge >= 0.3 is 5.97 Å². The lowest BCUT2D eigenvalue weighted by Crippen LogP contribution is -2.47. The van der Waals surface area contributed by atoms with Crippen LogP contribution in [0.5, 0.6) is 0 Å². The van der Waals surface area contributed by atoms with Crippen molar-refractivity contribution in [3.63, 3.8) is 0 Å². The zero-order valence-corrected chi connectivity index (χ0v) is 14.1. The highest BCUT2D eigenvalue weighted by atomic mass is 16.5. The van der Waals surface area contributed by atoms with E-state index in [0.29, 0.717) is 5.76 Å². The van der Waals surface area contributed by atoms with E-state index in [1.807, 2.05) is 0 Å². The number of ether oxygens (including phenoxy) is 1. The van der Waals surface area contributed by atoms with Crippen molar-refractivity contribution in [2.45, 2.75) is 58.6 Å². The number of nitrogens with zero attached hydrogens (tertiary/aromatic N) is 1. The Morgan fingerprint density at radius 1 is 1.33 bits per heavy atom. The molecule has 1 aliphatic carbocycles. The Morgan fingerprint density at radius 3 is 2.54 bits per heavy atom. The van der Waals surface area contributed by atoms with E-state index in [4.69, 9.17) is 9.26 Å². The van der Waals surface area contributed by atoms with Crippen LogP contribution in [0.3, 0.4) is 0 Å². The average molecular weight is 337 g/mol. The summed E-state index contributed by atoms with van der Waals surface area (Å²) < 4.78 is 10.1. The van der Waals surface area contributed by atoms with Crippen LogP contribution in [0.2, 0.25) is 0 Å². The number of rotatable bonds is 6. The van der Waals surface area contributed by atoms with Gasteiger partial charge in [0, 0.05) is 13.0 Å². The van der Waals surface area contributed by atoms with Gasteiger partial charge in [0.25, 0.3) is 5.91 Å². The topological polar surface area (TPSA) is 111 Å². The van der Waals surface area contributed by atoms with E-state index < -0.39 is 24.0 Å². The maximum absolute atomic E-state index is 12.4. The van der Waals surface area contributed by atoms with Gasteiger partial charge in [-0.1, -0.05) is 18.0 Å². The summed E-state index contributed by atoms with van der Waals surface area (Å²) in [5.74, 6) is -0.522. The van der Waals surface area contributed by atoms with Crippen molar-refractivity contribution in [3.05, 3.63) is 11.8 Å². The van der Waals surface area contributed by atoms with E-state index in [9.17, 15) is 14.4 Å². The van der Waals surface area contributed by atoms with Crippen molar-refractivity contribution >= 4 is 23.6 Å². The molecular formula is C16H23N3O5. The molecule has 2 rings (SSSR count). The molecule has 1 aromatic rings. The highest BCUT2D eigenvalue weighted by molar-refractivity contribution is 5.95. The summed E-state index contributed by atoms with van der Waals surface area (Å²) in [5, 5.41) is 8.81. The lowest BCUT2D eigenvalue weighted by Gasteiger charge is -2.24. The predicted molar refractivity (Wildman–Crippen MR) is 85.0 cm³/mol. The van der Waals surface area contributed by atoms with Gasteiger partial charge in [0.1, 0.15) is 11.8 Å². The molecule has 2 unspecified atom stereocenters. The van der Waals surface area contributed by atoms with E-state index in [1.165, 1.54) is 13.8 Å². The molecule has 24 heavy (non-hydrogen) atoms. The van der Waals surface area contributed by atoms with Crippen LogP contribution in [-0.2, 0) is 19.1 Å².